The molecule has 2 amide bonds. The molecule has 0 radical (unpaired) electrons. The number of hydrogen-bond donors (Lipinski definition) is 2. The summed E-state index contributed by atoms with van der Waals surface area (Å²) in [4.78, 5) is 26.1. The van der Waals surface area contributed by atoms with Crippen molar-refractivity contribution in [3.05, 3.63) is 47.7 Å². The van der Waals surface area contributed by atoms with Gasteiger partial charge in [-0.05, 0) is 49.7 Å². The van der Waals surface area contributed by atoms with Crippen molar-refractivity contribution >= 4 is 11.8 Å². The van der Waals surface area contributed by atoms with Gasteiger partial charge in [0.05, 0.1) is 12.1 Å². The molecule has 1 fully saturated rings. The molecule has 2 aliphatic rings. The molecule has 25 heavy (non-hydrogen) atoms. The van der Waals surface area contributed by atoms with E-state index in [1.165, 1.54) is 11.1 Å². The van der Waals surface area contributed by atoms with Crippen molar-refractivity contribution in [1.82, 2.24) is 15.5 Å². The lowest BCUT2D eigenvalue weighted by molar-refractivity contribution is -0.120. The minimum atomic E-state index is -0.208. The van der Waals surface area contributed by atoms with Gasteiger partial charge in [-0.2, -0.15) is 0 Å². The second-order valence-electron chi connectivity index (χ2n) is 7.09. The molecule has 5 nitrogen and oxygen atoms in total. The fourth-order valence-electron chi connectivity index (χ4n) is 4.23. The van der Waals surface area contributed by atoms with E-state index >= 15 is 0 Å². The fraction of sp³-hybridized carbons (Fsp3) is 0.500. The fourth-order valence-corrected chi connectivity index (χ4v) is 4.23. The summed E-state index contributed by atoms with van der Waals surface area (Å²) < 4.78 is 0. The van der Waals surface area contributed by atoms with Gasteiger partial charge in [-0.3, -0.25) is 4.79 Å². The molecule has 2 N–H and O–H groups in total. The van der Waals surface area contributed by atoms with Crippen molar-refractivity contribution in [2.24, 2.45) is 5.92 Å². The maximum Gasteiger partial charge on any atom is 0.315 e. The van der Waals surface area contributed by atoms with Crippen LogP contribution in [0.2, 0.25) is 0 Å². The van der Waals surface area contributed by atoms with Crippen LogP contribution in [0.15, 0.2) is 36.5 Å². The van der Waals surface area contributed by atoms with Gasteiger partial charge in [-0.1, -0.05) is 30.8 Å². The van der Waals surface area contributed by atoms with E-state index in [4.69, 9.17) is 0 Å². The van der Waals surface area contributed by atoms with E-state index in [0.29, 0.717) is 0 Å². The molecule has 5 heteroatoms. The van der Waals surface area contributed by atoms with Crippen LogP contribution in [0.25, 0.3) is 0 Å². The Morgan fingerprint density at radius 1 is 1.24 bits per heavy atom. The van der Waals surface area contributed by atoms with E-state index in [2.05, 4.69) is 46.4 Å². The molecular weight excluding hydrogens is 314 g/mol. The van der Waals surface area contributed by atoms with Crippen LogP contribution in [0.3, 0.4) is 0 Å². The van der Waals surface area contributed by atoms with Gasteiger partial charge in [-0.25, -0.2) is 4.79 Å². The Kier molecular flexibility index (Phi) is 5.11. The van der Waals surface area contributed by atoms with Crippen LogP contribution in [0.1, 0.15) is 30.9 Å². The zero-order chi connectivity index (χ0) is 18.0. The summed E-state index contributed by atoms with van der Waals surface area (Å²) in [6.07, 6.45) is 3.69. The van der Waals surface area contributed by atoms with Crippen LogP contribution < -0.4 is 10.6 Å². The highest BCUT2D eigenvalue weighted by Gasteiger charge is 2.37. The smallest absolute Gasteiger partial charge is 0.315 e. The highest BCUT2D eigenvalue weighted by molar-refractivity contribution is 5.82. The number of amides is 2. The Bertz CT molecular complexity index is 660. The lowest BCUT2D eigenvalue weighted by Gasteiger charge is -2.35. The Balaban J connectivity index is 1.82. The van der Waals surface area contributed by atoms with E-state index in [1.807, 2.05) is 0 Å². The topological polar surface area (TPSA) is 61.4 Å². The molecular formula is C20H27N3O2. The number of rotatable bonds is 5. The third-order valence-electron chi connectivity index (χ3n) is 5.52. The quantitative estimate of drug-likeness (QED) is 0.864. The van der Waals surface area contributed by atoms with Crippen molar-refractivity contribution in [2.45, 2.75) is 44.7 Å². The first kappa shape index (κ1) is 17.5. The normalized spacial score (nSPS) is 20.9. The summed E-state index contributed by atoms with van der Waals surface area (Å²) in [6.45, 7) is 6.77. The van der Waals surface area contributed by atoms with Gasteiger partial charge < -0.3 is 15.5 Å². The molecule has 0 spiro atoms. The second kappa shape index (κ2) is 7.30. The van der Waals surface area contributed by atoms with Crippen LogP contribution in [0, 0.1) is 5.92 Å². The Labute approximate surface area is 149 Å². The molecule has 2 unspecified atom stereocenters. The van der Waals surface area contributed by atoms with Crippen molar-refractivity contribution < 1.29 is 9.59 Å². The maximum absolute atomic E-state index is 12.0. The number of nitrogens with one attached hydrogen (secondary N) is 2. The molecule has 1 aliphatic carbocycles. The SMILES string of the molecule is C=C(C(NC(=O)NC)C1Cc2ccccc2C1)N1CCCC1C(C)=O. The molecule has 1 aromatic rings. The number of Topliss-reactive ketones (excluding diaryl/α,β-unsaturated/α-hetero) is 1. The van der Waals surface area contributed by atoms with Crippen molar-refractivity contribution in [1.29, 1.82) is 0 Å². The number of carbonyl (C=O) groups is 2. The summed E-state index contributed by atoms with van der Waals surface area (Å²) >= 11 is 0. The number of carbonyl (C=O) groups excluding carboxylic acids is 2. The molecule has 0 aromatic heterocycles. The molecule has 2 atom stereocenters. The lowest BCUT2D eigenvalue weighted by Crippen LogP contribution is -2.50. The first-order valence-corrected chi connectivity index (χ1v) is 9.02. The summed E-state index contributed by atoms with van der Waals surface area (Å²) in [5.41, 5.74) is 3.54. The van der Waals surface area contributed by atoms with Gasteiger partial charge >= 0.3 is 6.03 Å². The second-order valence-corrected chi connectivity index (χ2v) is 7.09. The van der Waals surface area contributed by atoms with Crippen LogP contribution in [0.5, 0.6) is 0 Å². The third kappa shape index (κ3) is 3.55. The molecule has 1 heterocycles. The number of benzene rings is 1. The van der Waals surface area contributed by atoms with Gasteiger partial charge in [0.25, 0.3) is 0 Å². The predicted molar refractivity (Wildman–Crippen MR) is 98.3 cm³/mol. The van der Waals surface area contributed by atoms with Crippen molar-refractivity contribution in [3.8, 4) is 0 Å². The Hall–Kier alpha value is -2.30. The van der Waals surface area contributed by atoms with E-state index in [0.717, 1.165) is 37.9 Å². The zero-order valence-corrected chi connectivity index (χ0v) is 15.0. The number of hydrogen-bond acceptors (Lipinski definition) is 3. The van der Waals surface area contributed by atoms with Gasteiger partial charge in [-0.15, -0.1) is 0 Å². The number of urea groups is 1. The molecule has 1 aliphatic heterocycles. The molecule has 1 aromatic carbocycles. The molecule has 0 saturated carbocycles. The zero-order valence-electron chi connectivity index (χ0n) is 15.0. The van der Waals surface area contributed by atoms with Crippen LogP contribution >= 0.6 is 0 Å². The molecule has 3 rings (SSSR count). The van der Waals surface area contributed by atoms with E-state index < -0.39 is 0 Å². The summed E-state index contributed by atoms with van der Waals surface area (Å²) in [6, 6.07) is 7.94. The Morgan fingerprint density at radius 3 is 2.44 bits per heavy atom. The van der Waals surface area contributed by atoms with Gasteiger partial charge in [0.2, 0.25) is 0 Å². The molecule has 134 valence electrons. The largest absolute Gasteiger partial charge is 0.364 e. The summed E-state index contributed by atoms with van der Waals surface area (Å²) in [5.74, 6) is 0.433. The van der Waals surface area contributed by atoms with Gasteiger partial charge in [0.15, 0.2) is 5.78 Å². The van der Waals surface area contributed by atoms with Crippen LogP contribution in [-0.2, 0) is 17.6 Å². The van der Waals surface area contributed by atoms with Gasteiger partial charge in [0.1, 0.15) is 0 Å². The minimum Gasteiger partial charge on any atom is -0.364 e. The Morgan fingerprint density at radius 2 is 1.88 bits per heavy atom. The molecule has 0 bridgehead atoms. The molecule has 1 saturated heterocycles. The number of likely N-dealkylation sites (tertiary alicyclic amines) is 1. The van der Waals surface area contributed by atoms with Crippen molar-refractivity contribution in [3.63, 3.8) is 0 Å². The summed E-state index contributed by atoms with van der Waals surface area (Å²) in [7, 11) is 1.62. The number of fused-ring (bicyclic) bond motifs is 1. The highest BCUT2D eigenvalue weighted by Crippen LogP contribution is 2.33. The van der Waals surface area contributed by atoms with Crippen LogP contribution in [0.4, 0.5) is 4.79 Å². The summed E-state index contributed by atoms with van der Waals surface area (Å²) in [5, 5.41) is 5.72. The number of nitrogens with zero attached hydrogens (tertiary/aromatic N) is 1. The van der Waals surface area contributed by atoms with E-state index in [9.17, 15) is 9.59 Å². The van der Waals surface area contributed by atoms with Crippen LogP contribution in [-0.4, -0.2) is 42.4 Å². The third-order valence-corrected chi connectivity index (χ3v) is 5.52. The number of ketones is 1. The predicted octanol–water partition coefficient (Wildman–Crippen LogP) is 2.27. The van der Waals surface area contributed by atoms with Gasteiger partial charge in [0, 0.05) is 19.3 Å². The average molecular weight is 341 g/mol. The first-order valence-electron chi connectivity index (χ1n) is 9.02. The standard InChI is InChI=1S/C20H27N3O2/c1-13(23-10-6-9-18(23)14(2)24)19(22-20(25)21-3)17-11-15-7-4-5-8-16(15)12-17/h4-5,7-8,17-19H,1,6,9-12H2,2-3H3,(H2,21,22,25). The maximum atomic E-state index is 12.0. The van der Waals surface area contributed by atoms with Crippen molar-refractivity contribution in [2.75, 3.05) is 13.6 Å². The monoisotopic (exact) mass is 341 g/mol. The first-order chi connectivity index (χ1) is 12.0. The average Bonchev–Trinajstić information content (AvgIpc) is 3.25. The lowest BCUT2D eigenvalue weighted by atomic mass is 9.93. The van der Waals surface area contributed by atoms with E-state index in [1.54, 1.807) is 14.0 Å². The highest BCUT2D eigenvalue weighted by atomic mass is 16.2. The minimum absolute atomic E-state index is 0.106. The van der Waals surface area contributed by atoms with E-state index in [-0.39, 0.29) is 29.8 Å².